The van der Waals surface area contributed by atoms with Crippen molar-refractivity contribution in [2.45, 2.75) is 38.5 Å². The number of aromatic nitrogens is 1. The van der Waals surface area contributed by atoms with E-state index in [0.717, 1.165) is 22.2 Å². The third-order valence-corrected chi connectivity index (χ3v) is 4.35. The fourth-order valence-electron chi connectivity index (χ4n) is 3.19. The zero-order valence-electron chi connectivity index (χ0n) is 13.6. The van der Waals surface area contributed by atoms with E-state index >= 15 is 0 Å². The first-order chi connectivity index (χ1) is 11.8. The minimum Gasteiger partial charge on any atom is -0.359 e. The van der Waals surface area contributed by atoms with Crippen LogP contribution in [-0.4, -0.2) is 40.5 Å². The van der Waals surface area contributed by atoms with Crippen LogP contribution in [0, 0.1) is 6.92 Å². The van der Waals surface area contributed by atoms with Crippen molar-refractivity contribution in [3.8, 4) is 0 Å². The molecule has 0 saturated carbocycles. The predicted molar refractivity (Wildman–Crippen MR) is 85.7 cm³/mol. The Morgan fingerprint density at radius 2 is 2.08 bits per heavy atom. The van der Waals surface area contributed by atoms with Gasteiger partial charge in [0.1, 0.15) is 6.04 Å². The van der Waals surface area contributed by atoms with E-state index in [4.69, 9.17) is 0 Å². The molecule has 134 valence electrons. The highest BCUT2D eigenvalue weighted by Crippen LogP contribution is 2.26. The molecule has 2 amide bonds. The summed E-state index contributed by atoms with van der Waals surface area (Å²) in [6.07, 6.45) is -4.34. The van der Waals surface area contributed by atoms with E-state index in [0.29, 0.717) is 11.3 Å². The molecule has 2 N–H and O–H groups in total. The Bertz CT molecular complexity index is 813. The molecule has 1 fully saturated rings. The molecule has 0 aliphatic carbocycles. The fraction of sp³-hybridized carbons (Fsp3) is 0.412. The van der Waals surface area contributed by atoms with Gasteiger partial charge in [0.15, 0.2) is 0 Å². The quantitative estimate of drug-likeness (QED) is 0.891. The molecule has 1 aliphatic heterocycles. The van der Waals surface area contributed by atoms with Crippen LogP contribution in [0.1, 0.15) is 24.1 Å². The van der Waals surface area contributed by atoms with E-state index in [1.54, 1.807) is 0 Å². The Hall–Kier alpha value is -2.51. The number of aromatic amines is 1. The van der Waals surface area contributed by atoms with Gasteiger partial charge in [-0.1, -0.05) is 6.07 Å². The van der Waals surface area contributed by atoms with Crippen molar-refractivity contribution in [2.75, 3.05) is 6.54 Å². The lowest BCUT2D eigenvalue weighted by Crippen LogP contribution is -2.50. The largest absolute Gasteiger partial charge is 0.471 e. The van der Waals surface area contributed by atoms with Crippen LogP contribution < -0.4 is 5.32 Å². The number of nitrogens with zero attached hydrogens (tertiary/aromatic N) is 1. The number of benzene rings is 1. The van der Waals surface area contributed by atoms with Gasteiger partial charge in [0.2, 0.25) is 5.91 Å². The number of hydrogen-bond acceptors (Lipinski definition) is 2. The topological polar surface area (TPSA) is 65.2 Å². The van der Waals surface area contributed by atoms with Crippen LogP contribution in [0.15, 0.2) is 24.3 Å². The molecule has 0 spiro atoms. The van der Waals surface area contributed by atoms with Crippen LogP contribution in [0.25, 0.3) is 10.9 Å². The Morgan fingerprint density at radius 3 is 2.80 bits per heavy atom. The monoisotopic (exact) mass is 353 g/mol. The van der Waals surface area contributed by atoms with Gasteiger partial charge in [-0.15, -0.1) is 0 Å². The normalized spacial score (nSPS) is 17.9. The number of hydrogen-bond donors (Lipinski definition) is 2. The maximum absolute atomic E-state index is 12.6. The van der Waals surface area contributed by atoms with Crippen LogP contribution in [-0.2, 0) is 16.1 Å². The molecule has 25 heavy (non-hydrogen) atoms. The Balaban J connectivity index is 1.65. The number of carbonyl (C=O) groups excluding carboxylic acids is 2. The van der Waals surface area contributed by atoms with Crippen molar-refractivity contribution in [1.29, 1.82) is 0 Å². The molecule has 1 unspecified atom stereocenters. The summed E-state index contributed by atoms with van der Waals surface area (Å²) >= 11 is 0. The van der Waals surface area contributed by atoms with E-state index in [1.165, 1.54) is 0 Å². The minimum atomic E-state index is -4.96. The number of amides is 2. The van der Waals surface area contributed by atoms with Gasteiger partial charge in [0, 0.05) is 24.3 Å². The molecule has 2 aromatic rings. The zero-order valence-corrected chi connectivity index (χ0v) is 13.6. The van der Waals surface area contributed by atoms with Crippen LogP contribution >= 0.6 is 0 Å². The van der Waals surface area contributed by atoms with Crippen molar-refractivity contribution in [1.82, 2.24) is 15.2 Å². The number of likely N-dealkylation sites (tertiary alicyclic amines) is 1. The van der Waals surface area contributed by atoms with Crippen molar-refractivity contribution in [2.24, 2.45) is 0 Å². The lowest BCUT2D eigenvalue weighted by atomic mass is 10.1. The summed E-state index contributed by atoms with van der Waals surface area (Å²) in [6, 6.07) is 6.55. The maximum atomic E-state index is 12.6. The Labute approximate surface area is 142 Å². The summed E-state index contributed by atoms with van der Waals surface area (Å²) in [6.45, 7) is 2.09. The van der Waals surface area contributed by atoms with Crippen molar-refractivity contribution in [3.05, 3.63) is 35.5 Å². The Morgan fingerprint density at radius 1 is 1.32 bits per heavy atom. The van der Waals surface area contributed by atoms with Gasteiger partial charge in [-0.25, -0.2) is 0 Å². The average molecular weight is 353 g/mol. The number of H-pyrrole nitrogens is 1. The molecular weight excluding hydrogens is 335 g/mol. The lowest BCUT2D eigenvalue weighted by Gasteiger charge is -2.24. The molecular formula is C17H18F3N3O2. The molecule has 1 atom stereocenters. The van der Waals surface area contributed by atoms with Crippen LogP contribution in [0.2, 0.25) is 0 Å². The van der Waals surface area contributed by atoms with Gasteiger partial charge in [-0.2, -0.15) is 13.2 Å². The Kier molecular flexibility index (Phi) is 4.45. The predicted octanol–water partition coefficient (Wildman–Crippen LogP) is 2.65. The SMILES string of the molecule is Cc1cc2cc(CNC(=O)C3CCCN3C(=O)C(F)(F)F)ccc2[nH]1. The molecule has 0 bridgehead atoms. The summed E-state index contributed by atoms with van der Waals surface area (Å²) in [5.74, 6) is -2.50. The van der Waals surface area contributed by atoms with E-state index in [2.05, 4.69) is 10.3 Å². The standard InChI is InChI=1S/C17H18F3N3O2/c1-10-7-12-8-11(4-5-13(12)22-10)9-21-15(24)14-3-2-6-23(14)16(25)17(18,19)20/h4-5,7-8,14,22H,2-3,6,9H2,1H3,(H,21,24). The lowest BCUT2D eigenvalue weighted by molar-refractivity contribution is -0.186. The number of rotatable bonds is 3. The third-order valence-electron chi connectivity index (χ3n) is 4.35. The molecule has 3 rings (SSSR count). The second-order valence-electron chi connectivity index (χ2n) is 6.25. The summed E-state index contributed by atoms with van der Waals surface area (Å²) in [5.41, 5.74) is 2.83. The van der Waals surface area contributed by atoms with Gasteiger partial charge >= 0.3 is 12.1 Å². The first-order valence-electron chi connectivity index (χ1n) is 7.99. The second-order valence-corrected chi connectivity index (χ2v) is 6.25. The van der Waals surface area contributed by atoms with Crippen molar-refractivity contribution < 1.29 is 22.8 Å². The van der Waals surface area contributed by atoms with E-state index in [-0.39, 0.29) is 19.5 Å². The summed E-state index contributed by atoms with van der Waals surface area (Å²) in [4.78, 5) is 27.5. The number of halogens is 3. The molecule has 2 heterocycles. The van der Waals surface area contributed by atoms with Crippen LogP contribution in [0.4, 0.5) is 13.2 Å². The number of nitrogens with one attached hydrogen (secondary N) is 2. The molecule has 1 saturated heterocycles. The van der Waals surface area contributed by atoms with Gasteiger partial charge in [0.05, 0.1) is 0 Å². The number of alkyl halides is 3. The third kappa shape index (κ3) is 3.62. The van der Waals surface area contributed by atoms with Crippen molar-refractivity contribution in [3.63, 3.8) is 0 Å². The highest BCUT2D eigenvalue weighted by atomic mass is 19.4. The van der Waals surface area contributed by atoms with Gasteiger partial charge < -0.3 is 15.2 Å². The summed E-state index contributed by atoms with van der Waals surface area (Å²) < 4.78 is 37.8. The summed E-state index contributed by atoms with van der Waals surface area (Å²) in [5, 5.41) is 3.64. The second kappa shape index (κ2) is 6.42. The minimum absolute atomic E-state index is 0.0506. The molecule has 5 nitrogen and oxygen atoms in total. The molecule has 1 aromatic heterocycles. The highest BCUT2D eigenvalue weighted by Gasteiger charge is 2.47. The number of fused-ring (bicyclic) bond motifs is 1. The smallest absolute Gasteiger partial charge is 0.359 e. The number of aryl methyl sites for hydroxylation is 1. The molecule has 1 aromatic carbocycles. The van der Waals surface area contributed by atoms with Gasteiger partial charge in [-0.3, -0.25) is 9.59 Å². The average Bonchev–Trinajstić information content (AvgIpc) is 3.15. The van der Waals surface area contributed by atoms with Gasteiger partial charge in [0.25, 0.3) is 0 Å². The zero-order chi connectivity index (χ0) is 18.2. The fourth-order valence-corrected chi connectivity index (χ4v) is 3.19. The first-order valence-corrected chi connectivity index (χ1v) is 7.99. The van der Waals surface area contributed by atoms with E-state index in [9.17, 15) is 22.8 Å². The van der Waals surface area contributed by atoms with Crippen LogP contribution in [0.3, 0.4) is 0 Å². The number of carbonyl (C=O) groups is 2. The van der Waals surface area contributed by atoms with Crippen molar-refractivity contribution >= 4 is 22.7 Å². The molecule has 0 radical (unpaired) electrons. The molecule has 8 heteroatoms. The highest BCUT2D eigenvalue weighted by molar-refractivity contribution is 5.90. The first kappa shape index (κ1) is 17.3. The maximum Gasteiger partial charge on any atom is 0.471 e. The van der Waals surface area contributed by atoms with Gasteiger partial charge in [-0.05, 0) is 48.9 Å². The summed E-state index contributed by atoms with van der Waals surface area (Å²) in [7, 11) is 0. The molecule has 1 aliphatic rings. The van der Waals surface area contributed by atoms with E-state index < -0.39 is 24.0 Å². The van der Waals surface area contributed by atoms with E-state index in [1.807, 2.05) is 31.2 Å². The van der Waals surface area contributed by atoms with Crippen LogP contribution in [0.5, 0.6) is 0 Å².